The quantitative estimate of drug-likeness (QED) is 0.127. The zero-order valence-corrected chi connectivity index (χ0v) is 17.5. The summed E-state index contributed by atoms with van der Waals surface area (Å²) in [6.07, 6.45) is -0.153. The van der Waals surface area contributed by atoms with Crippen molar-refractivity contribution in [3.8, 4) is 0 Å². The molecule has 10 N–H and O–H groups in total. The lowest BCUT2D eigenvalue weighted by atomic mass is 10.1. The number of aliphatic carboxylic acids is 1. The number of carboxylic acid groups (broad SMARTS) is 1. The first kappa shape index (κ1) is 27.6. The van der Waals surface area contributed by atoms with E-state index in [4.69, 9.17) is 21.7 Å². The van der Waals surface area contributed by atoms with Crippen LogP contribution >= 0.6 is 11.8 Å². The second-order valence-electron chi connectivity index (χ2n) is 6.43. The Kier molecular flexibility index (Phi) is 12.6. The van der Waals surface area contributed by atoms with Crippen LogP contribution in [0.3, 0.4) is 0 Å². The molecule has 4 amide bonds. The van der Waals surface area contributed by atoms with Crippen molar-refractivity contribution in [2.75, 3.05) is 18.6 Å². The second-order valence-corrected chi connectivity index (χ2v) is 7.41. The highest BCUT2D eigenvalue weighted by Crippen LogP contribution is 2.05. The molecule has 0 heterocycles. The van der Waals surface area contributed by atoms with Crippen molar-refractivity contribution in [2.45, 2.75) is 50.0 Å². The molecule has 0 saturated carbocycles. The third-order valence-electron chi connectivity index (χ3n) is 3.86. The van der Waals surface area contributed by atoms with E-state index in [-0.39, 0.29) is 6.42 Å². The number of carboxylic acids is 1. The minimum Gasteiger partial charge on any atom is -0.480 e. The number of nitrogens with two attached hydrogens (primary N) is 2. The molecule has 13 nitrogen and oxygen atoms in total. The van der Waals surface area contributed by atoms with Crippen molar-refractivity contribution < 1.29 is 39.3 Å². The van der Waals surface area contributed by atoms with Crippen LogP contribution in [0.2, 0.25) is 0 Å². The standard InChI is InChI=1S/C16H29N5O8S/c1-7(23)12(16(28)29)21-14(26)9(3-4-30-2)19-15(27)10(5-11(18)24)20-13(25)8(17)6-22/h7-10,12,22-23H,3-6,17H2,1-2H3,(H2,18,24)(H,19,27)(H,20,25)(H,21,26)(H,28,29). The number of thioether (sulfide) groups is 1. The molecule has 0 radical (unpaired) electrons. The molecular weight excluding hydrogens is 422 g/mol. The number of rotatable bonds is 14. The van der Waals surface area contributed by atoms with Crippen molar-refractivity contribution in [1.29, 1.82) is 0 Å². The lowest BCUT2D eigenvalue weighted by Gasteiger charge is -2.25. The van der Waals surface area contributed by atoms with E-state index in [2.05, 4.69) is 16.0 Å². The van der Waals surface area contributed by atoms with Gasteiger partial charge in [0.1, 0.15) is 18.1 Å². The summed E-state index contributed by atoms with van der Waals surface area (Å²) in [5.74, 6) is -4.70. The maximum atomic E-state index is 12.6. The van der Waals surface area contributed by atoms with E-state index in [1.807, 2.05) is 0 Å². The van der Waals surface area contributed by atoms with Crippen molar-refractivity contribution in [3.63, 3.8) is 0 Å². The Bertz CT molecular complexity index is 633. The predicted octanol–water partition coefficient (Wildman–Crippen LogP) is -4.15. The van der Waals surface area contributed by atoms with Gasteiger partial charge in [-0.05, 0) is 25.4 Å². The molecule has 0 fully saturated rings. The summed E-state index contributed by atoms with van der Waals surface area (Å²) in [5.41, 5.74) is 10.5. The van der Waals surface area contributed by atoms with Crippen molar-refractivity contribution in [3.05, 3.63) is 0 Å². The van der Waals surface area contributed by atoms with E-state index in [0.717, 1.165) is 0 Å². The summed E-state index contributed by atoms with van der Waals surface area (Å²) >= 11 is 1.36. The Morgan fingerprint density at radius 2 is 1.53 bits per heavy atom. The van der Waals surface area contributed by atoms with Crippen molar-refractivity contribution in [2.24, 2.45) is 11.5 Å². The summed E-state index contributed by atoms with van der Waals surface area (Å²) in [4.78, 5) is 59.3. The molecule has 0 aromatic carbocycles. The first-order valence-electron chi connectivity index (χ1n) is 8.90. The Labute approximate surface area is 177 Å². The van der Waals surface area contributed by atoms with Gasteiger partial charge < -0.3 is 42.7 Å². The van der Waals surface area contributed by atoms with Gasteiger partial charge in [-0.15, -0.1) is 0 Å². The summed E-state index contributed by atoms with van der Waals surface area (Å²) < 4.78 is 0. The molecular formula is C16H29N5O8S. The molecule has 0 aliphatic rings. The van der Waals surface area contributed by atoms with E-state index in [0.29, 0.717) is 5.75 Å². The van der Waals surface area contributed by atoms with Crippen LogP contribution in [0.4, 0.5) is 0 Å². The van der Waals surface area contributed by atoms with E-state index in [1.165, 1.54) is 18.7 Å². The molecule has 0 saturated heterocycles. The van der Waals surface area contributed by atoms with Gasteiger partial charge in [0.05, 0.1) is 19.1 Å². The number of carbonyl (C=O) groups excluding carboxylic acids is 4. The van der Waals surface area contributed by atoms with Gasteiger partial charge in [0.2, 0.25) is 23.6 Å². The monoisotopic (exact) mass is 451 g/mol. The van der Waals surface area contributed by atoms with Crippen LogP contribution in [-0.2, 0) is 24.0 Å². The maximum absolute atomic E-state index is 12.6. The summed E-state index contributed by atoms with van der Waals surface area (Å²) in [7, 11) is 0. The Morgan fingerprint density at radius 3 is 1.97 bits per heavy atom. The molecule has 5 unspecified atom stereocenters. The SMILES string of the molecule is CSCCC(NC(=O)C(CC(N)=O)NC(=O)C(N)CO)C(=O)NC(C(=O)O)C(C)O. The fraction of sp³-hybridized carbons (Fsp3) is 0.688. The zero-order valence-electron chi connectivity index (χ0n) is 16.7. The van der Waals surface area contributed by atoms with Gasteiger partial charge in [-0.25, -0.2) is 4.79 Å². The van der Waals surface area contributed by atoms with Crippen LogP contribution in [0, 0.1) is 0 Å². The highest BCUT2D eigenvalue weighted by molar-refractivity contribution is 7.98. The predicted molar refractivity (Wildman–Crippen MR) is 107 cm³/mol. The highest BCUT2D eigenvalue weighted by Gasteiger charge is 2.32. The van der Waals surface area contributed by atoms with Crippen LogP contribution in [-0.4, -0.2) is 93.8 Å². The fourth-order valence-electron chi connectivity index (χ4n) is 2.19. The maximum Gasteiger partial charge on any atom is 0.328 e. The number of hydrogen-bond donors (Lipinski definition) is 8. The average Bonchev–Trinajstić information content (AvgIpc) is 2.66. The molecule has 0 aromatic heterocycles. The van der Waals surface area contributed by atoms with Crippen LogP contribution in [0.25, 0.3) is 0 Å². The third-order valence-corrected chi connectivity index (χ3v) is 4.51. The van der Waals surface area contributed by atoms with Gasteiger partial charge in [0.25, 0.3) is 0 Å². The van der Waals surface area contributed by atoms with Gasteiger partial charge in [-0.3, -0.25) is 19.2 Å². The number of primary amides is 1. The highest BCUT2D eigenvalue weighted by atomic mass is 32.2. The van der Waals surface area contributed by atoms with Gasteiger partial charge >= 0.3 is 5.97 Å². The average molecular weight is 452 g/mol. The number of aliphatic hydroxyl groups is 2. The third kappa shape index (κ3) is 9.87. The van der Waals surface area contributed by atoms with Crippen LogP contribution in [0.5, 0.6) is 0 Å². The molecule has 0 aromatic rings. The van der Waals surface area contributed by atoms with Crippen molar-refractivity contribution >= 4 is 41.4 Å². The first-order valence-corrected chi connectivity index (χ1v) is 10.3. The lowest BCUT2D eigenvalue weighted by molar-refractivity contribution is -0.145. The van der Waals surface area contributed by atoms with Crippen LogP contribution in [0.1, 0.15) is 19.8 Å². The second kappa shape index (κ2) is 13.7. The van der Waals surface area contributed by atoms with E-state index in [9.17, 15) is 29.1 Å². The summed E-state index contributed by atoms with van der Waals surface area (Å²) in [6, 6.07) is -5.63. The summed E-state index contributed by atoms with van der Waals surface area (Å²) in [6.45, 7) is 0.475. The Hall–Kier alpha value is -2.42. The number of aliphatic hydroxyl groups excluding tert-OH is 2. The van der Waals surface area contributed by atoms with E-state index in [1.54, 1.807) is 6.26 Å². The van der Waals surface area contributed by atoms with Crippen LogP contribution in [0.15, 0.2) is 0 Å². The first-order chi connectivity index (χ1) is 13.9. The molecule has 30 heavy (non-hydrogen) atoms. The Balaban J connectivity index is 5.43. The van der Waals surface area contributed by atoms with Gasteiger partial charge in [0.15, 0.2) is 6.04 Å². The number of carbonyl (C=O) groups is 5. The zero-order chi connectivity index (χ0) is 23.4. The smallest absolute Gasteiger partial charge is 0.328 e. The van der Waals surface area contributed by atoms with Gasteiger partial charge in [-0.1, -0.05) is 0 Å². The summed E-state index contributed by atoms with van der Waals surface area (Å²) in [5, 5.41) is 34.2. The molecule has 0 bridgehead atoms. The van der Waals surface area contributed by atoms with Crippen LogP contribution < -0.4 is 27.4 Å². The number of hydrogen-bond acceptors (Lipinski definition) is 9. The lowest BCUT2D eigenvalue weighted by Crippen LogP contribution is -2.59. The fourth-order valence-corrected chi connectivity index (χ4v) is 2.66. The van der Waals surface area contributed by atoms with E-state index >= 15 is 0 Å². The topological polar surface area (TPSA) is 234 Å². The largest absolute Gasteiger partial charge is 0.480 e. The van der Waals surface area contributed by atoms with Crippen molar-refractivity contribution in [1.82, 2.24) is 16.0 Å². The molecule has 0 rings (SSSR count). The normalized spacial score (nSPS) is 15.8. The molecule has 5 atom stereocenters. The van der Waals surface area contributed by atoms with Gasteiger partial charge in [0, 0.05) is 0 Å². The molecule has 14 heteroatoms. The Morgan fingerprint density at radius 1 is 1.00 bits per heavy atom. The number of nitrogens with one attached hydrogen (secondary N) is 3. The minimum atomic E-state index is -1.60. The van der Waals surface area contributed by atoms with E-state index < -0.39 is 72.9 Å². The molecule has 172 valence electrons. The molecule has 0 spiro atoms. The molecule has 0 aliphatic carbocycles. The van der Waals surface area contributed by atoms with Gasteiger partial charge in [-0.2, -0.15) is 11.8 Å². The molecule has 0 aliphatic heterocycles. The number of amides is 4. The minimum absolute atomic E-state index is 0.0955.